The number of carbonyl (C=O) groups is 1. The molecule has 2 aliphatic rings. The van der Waals surface area contributed by atoms with Crippen LogP contribution in [0.5, 0.6) is 0 Å². The molecule has 1 aromatic heterocycles. The van der Waals surface area contributed by atoms with Crippen molar-refractivity contribution in [2.24, 2.45) is 0 Å². The van der Waals surface area contributed by atoms with Gasteiger partial charge in [-0.3, -0.25) is 14.4 Å². The van der Waals surface area contributed by atoms with Crippen molar-refractivity contribution in [3.8, 4) is 0 Å². The maximum absolute atomic E-state index is 11.8. The second kappa shape index (κ2) is 6.73. The summed E-state index contributed by atoms with van der Waals surface area (Å²) in [5, 5.41) is 4.79. The first-order valence-corrected chi connectivity index (χ1v) is 8.52. The molecule has 0 bridgehead atoms. The molecule has 1 aromatic rings. The van der Waals surface area contributed by atoms with Crippen LogP contribution in [0.3, 0.4) is 0 Å². The molecule has 1 aliphatic heterocycles. The fourth-order valence-electron chi connectivity index (χ4n) is 3.86. The lowest BCUT2D eigenvalue weighted by Crippen LogP contribution is -2.43. The summed E-state index contributed by atoms with van der Waals surface area (Å²) >= 11 is 0. The van der Waals surface area contributed by atoms with Crippen molar-refractivity contribution in [3.63, 3.8) is 0 Å². The van der Waals surface area contributed by atoms with Crippen LogP contribution in [0.25, 0.3) is 0 Å². The van der Waals surface area contributed by atoms with Gasteiger partial charge in [0.05, 0.1) is 17.8 Å². The van der Waals surface area contributed by atoms with Crippen LogP contribution in [0.15, 0.2) is 12.3 Å². The van der Waals surface area contributed by atoms with Crippen LogP contribution >= 0.6 is 0 Å². The van der Waals surface area contributed by atoms with Gasteiger partial charge in [-0.25, -0.2) is 0 Å². The molecule has 1 atom stereocenters. The SMILES string of the molecule is CC(=O)C1CCCCN1Cc1ccn(C2CCCCC2)n1. The highest BCUT2D eigenvalue weighted by Crippen LogP contribution is 2.28. The molecule has 0 N–H and O–H groups in total. The molecule has 0 amide bonds. The smallest absolute Gasteiger partial charge is 0.146 e. The maximum Gasteiger partial charge on any atom is 0.146 e. The minimum atomic E-state index is 0.110. The van der Waals surface area contributed by atoms with E-state index in [0.717, 1.165) is 25.2 Å². The van der Waals surface area contributed by atoms with Gasteiger partial charge in [0.25, 0.3) is 0 Å². The largest absolute Gasteiger partial charge is 0.298 e. The number of likely N-dealkylation sites (tertiary alicyclic amines) is 1. The third-order valence-electron chi connectivity index (χ3n) is 5.06. The third-order valence-corrected chi connectivity index (χ3v) is 5.06. The van der Waals surface area contributed by atoms with Crippen LogP contribution in [0.4, 0.5) is 0 Å². The number of piperidine rings is 1. The summed E-state index contributed by atoms with van der Waals surface area (Å²) < 4.78 is 2.17. The van der Waals surface area contributed by atoms with E-state index in [-0.39, 0.29) is 6.04 Å². The zero-order valence-electron chi connectivity index (χ0n) is 13.1. The Labute approximate surface area is 127 Å². The normalized spacial score (nSPS) is 25.1. The molecule has 1 aliphatic carbocycles. The molecule has 116 valence electrons. The van der Waals surface area contributed by atoms with E-state index in [9.17, 15) is 4.79 Å². The van der Waals surface area contributed by atoms with E-state index in [0.29, 0.717) is 11.8 Å². The van der Waals surface area contributed by atoms with Gasteiger partial charge in [0.2, 0.25) is 0 Å². The summed E-state index contributed by atoms with van der Waals surface area (Å²) in [5.41, 5.74) is 1.12. The molecule has 21 heavy (non-hydrogen) atoms. The molecule has 3 rings (SSSR count). The van der Waals surface area contributed by atoms with Crippen LogP contribution in [-0.2, 0) is 11.3 Å². The summed E-state index contributed by atoms with van der Waals surface area (Å²) in [7, 11) is 0. The molecule has 0 aromatic carbocycles. The Kier molecular flexibility index (Phi) is 4.73. The summed E-state index contributed by atoms with van der Waals surface area (Å²) in [5.74, 6) is 0.307. The lowest BCUT2D eigenvalue weighted by Gasteiger charge is -2.33. The zero-order chi connectivity index (χ0) is 14.7. The number of hydrogen-bond donors (Lipinski definition) is 0. The van der Waals surface area contributed by atoms with E-state index in [4.69, 9.17) is 5.10 Å². The van der Waals surface area contributed by atoms with Crippen molar-refractivity contribution in [1.29, 1.82) is 0 Å². The minimum absolute atomic E-state index is 0.110. The van der Waals surface area contributed by atoms with E-state index in [1.165, 1.54) is 44.9 Å². The van der Waals surface area contributed by atoms with Crippen LogP contribution in [0.1, 0.15) is 70.0 Å². The quantitative estimate of drug-likeness (QED) is 0.853. The number of nitrogens with zero attached hydrogens (tertiary/aromatic N) is 3. The molecular formula is C17H27N3O. The van der Waals surface area contributed by atoms with Crippen molar-refractivity contribution in [2.45, 2.75) is 76.9 Å². The van der Waals surface area contributed by atoms with E-state index in [1.54, 1.807) is 6.92 Å². The molecular weight excluding hydrogens is 262 g/mol. The van der Waals surface area contributed by atoms with Gasteiger partial charge >= 0.3 is 0 Å². The average molecular weight is 289 g/mol. The Bertz CT molecular complexity index is 476. The lowest BCUT2D eigenvalue weighted by atomic mass is 9.96. The number of aromatic nitrogens is 2. The van der Waals surface area contributed by atoms with Gasteiger partial charge in [-0.1, -0.05) is 25.7 Å². The van der Waals surface area contributed by atoms with Gasteiger partial charge in [0.1, 0.15) is 5.78 Å². The fourth-order valence-corrected chi connectivity index (χ4v) is 3.86. The predicted octanol–water partition coefficient (Wildman–Crippen LogP) is 3.33. The number of carbonyl (C=O) groups excluding carboxylic acids is 1. The summed E-state index contributed by atoms with van der Waals surface area (Å²) in [6.07, 6.45) is 12.1. The third kappa shape index (κ3) is 3.54. The van der Waals surface area contributed by atoms with Crippen LogP contribution in [0, 0.1) is 0 Å². The topological polar surface area (TPSA) is 38.1 Å². The Hall–Kier alpha value is -1.16. The molecule has 4 nitrogen and oxygen atoms in total. The van der Waals surface area contributed by atoms with Gasteiger partial charge in [0.15, 0.2) is 0 Å². The van der Waals surface area contributed by atoms with Crippen LogP contribution in [-0.4, -0.2) is 33.1 Å². The van der Waals surface area contributed by atoms with E-state index in [2.05, 4.69) is 21.8 Å². The molecule has 1 unspecified atom stereocenters. The van der Waals surface area contributed by atoms with Crippen molar-refractivity contribution >= 4 is 5.78 Å². The average Bonchev–Trinajstić information content (AvgIpc) is 2.97. The molecule has 1 saturated carbocycles. The van der Waals surface area contributed by atoms with Gasteiger partial charge in [-0.15, -0.1) is 0 Å². The van der Waals surface area contributed by atoms with Crippen molar-refractivity contribution < 1.29 is 4.79 Å². The highest BCUT2D eigenvalue weighted by molar-refractivity contribution is 5.81. The molecule has 1 saturated heterocycles. The first kappa shape index (κ1) is 14.8. The first-order valence-electron chi connectivity index (χ1n) is 8.52. The van der Waals surface area contributed by atoms with E-state index >= 15 is 0 Å². The number of hydrogen-bond acceptors (Lipinski definition) is 3. The Balaban J connectivity index is 1.64. The Morgan fingerprint density at radius 1 is 1.19 bits per heavy atom. The maximum atomic E-state index is 11.8. The van der Waals surface area contributed by atoms with Gasteiger partial charge in [-0.05, 0) is 45.2 Å². The monoisotopic (exact) mass is 289 g/mol. The number of ketones is 1. The number of Topliss-reactive ketones (excluding diaryl/α,β-unsaturated/α-hetero) is 1. The van der Waals surface area contributed by atoms with Gasteiger partial charge in [0, 0.05) is 12.7 Å². The molecule has 0 radical (unpaired) electrons. The van der Waals surface area contributed by atoms with Gasteiger partial charge < -0.3 is 0 Å². The Morgan fingerprint density at radius 3 is 2.71 bits per heavy atom. The molecule has 0 spiro atoms. The lowest BCUT2D eigenvalue weighted by molar-refractivity contribution is -0.123. The molecule has 2 fully saturated rings. The summed E-state index contributed by atoms with van der Waals surface area (Å²) in [6, 6.07) is 2.84. The van der Waals surface area contributed by atoms with E-state index < -0.39 is 0 Å². The molecule has 2 heterocycles. The second-order valence-electron chi connectivity index (χ2n) is 6.67. The predicted molar refractivity (Wildman–Crippen MR) is 83.1 cm³/mol. The van der Waals surface area contributed by atoms with Crippen LogP contribution in [0.2, 0.25) is 0 Å². The van der Waals surface area contributed by atoms with Crippen molar-refractivity contribution in [2.75, 3.05) is 6.54 Å². The first-order chi connectivity index (χ1) is 10.2. The molecule has 4 heteroatoms. The summed E-state index contributed by atoms with van der Waals surface area (Å²) in [4.78, 5) is 14.1. The summed E-state index contributed by atoms with van der Waals surface area (Å²) in [6.45, 7) is 3.58. The zero-order valence-corrected chi connectivity index (χ0v) is 13.1. The Morgan fingerprint density at radius 2 is 1.95 bits per heavy atom. The van der Waals surface area contributed by atoms with Crippen molar-refractivity contribution in [1.82, 2.24) is 14.7 Å². The van der Waals surface area contributed by atoms with E-state index in [1.807, 2.05) is 0 Å². The van der Waals surface area contributed by atoms with Crippen LogP contribution < -0.4 is 0 Å². The number of rotatable bonds is 4. The second-order valence-corrected chi connectivity index (χ2v) is 6.67. The van der Waals surface area contributed by atoms with Gasteiger partial charge in [-0.2, -0.15) is 5.10 Å². The standard InChI is InChI=1S/C17H27N3O/c1-14(21)17-9-5-6-11-19(17)13-15-10-12-20(18-15)16-7-3-2-4-8-16/h10,12,16-17H,2-9,11,13H2,1H3. The van der Waals surface area contributed by atoms with Crippen molar-refractivity contribution in [3.05, 3.63) is 18.0 Å². The minimum Gasteiger partial charge on any atom is -0.298 e. The highest BCUT2D eigenvalue weighted by atomic mass is 16.1. The fraction of sp³-hybridized carbons (Fsp3) is 0.765. The highest BCUT2D eigenvalue weighted by Gasteiger charge is 2.26.